The molecular weight excluding hydrogens is 276 g/mol. The Morgan fingerprint density at radius 2 is 1.59 bits per heavy atom. The first-order valence-corrected chi connectivity index (χ1v) is 7.04. The zero-order valence-electron chi connectivity index (χ0n) is 12.2. The Morgan fingerprint density at radius 3 is 2.27 bits per heavy atom. The third-order valence-electron chi connectivity index (χ3n) is 3.31. The van der Waals surface area contributed by atoms with Gasteiger partial charge in [0.25, 0.3) is 5.56 Å². The maximum atomic E-state index is 12.4. The second-order valence-corrected chi connectivity index (χ2v) is 5.00. The lowest BCUT2D eigenvalue weighted by molar-refractivity contribution is 0.658. The highest BCUT2D eigenvalue weighted by Crippen LogP contribution is 2.17. The van der Waals surface area contributed by atoms with Crippen LogP contribution >= 0.6 is 0 Å². The summed E-state index contributed by atoms with van der Waals surface area (Å²) in [6, 6.07) is 19.2. The zero-order chi connectivity index (χ0) is 15.4. The number of azo groups is 1. The van der Waals surface area contributed by atoms with Crippen LogP contribution in [0, 0.1) is 6.92 Å². The van der Waals surface area contributed by atoms with Gasteiger partial charge in [0, 0.05) is 0 Å². The van der Waals surface area contributed by atoms with Crippen molar-refractivity contribution in [2.75, 3.05) is 0 Å². The van der Waals surface area contributed by atoms with Crippen molar-refractivity contribution in [1.82, 2.24) is 9.78 Å². The van der Waals surface area contributed by atoms with E-state index in [-0.39, 0.29) is 5.56 Å². The maximum absolute atomic E-state index is 12.4. The second-order valence-electron chi connectivity index (χ2n) is 5.00. The molecule has 0 fully saturated rings. The number of aromatic amines is 1. The number of H-pyrrole nitrogens is 1. The van der Waals surface area contributed by atoms with Gasteiger partial charge >= 0.3 is 0 Å². The molecule has 1 N–H and O–H groups in total. The van der Waals surface area contributed by atoms with Crippen LogP contribution in [-0.2, 0) is 6.54 Å². The molecule has 5 heteroatoms. The fraction of sp³-hybridized carbons (Fsp3) is 0.118. The van der Waals surface area contributed by atoms with Crippen molar-refractivity contribution < 1.29 is 0 Å². The molecule has 3 rings (SSSR count). The van der Waals surface area contributed by atoms with Gasteiger partial charge in [-0.05, 0) is 24.6 Å². The van der Waals surface area contributed by atoms with Crippen LogP contribution in [0.2, 0.25) is 0 Å². The van der Waals surface area contributed by atoms with Gasteiger partial charge in [0.2, 0.25) is 0 Å². The van der Waals surface area contributed by atoms with E-state index >= 15 is 0 Å². The summed E-state index contributed by atoms with van der Waals surface area (Å²) < 4.78 is 1.55. The van der Waals surface area contributed by atoms with Crippen LogP contribution in [0.1, 0.15) is 11.3 Å². The molecule has 110 valence electrons. The first-order chi connectivity index (χ1) is 10.7. The standard InChI is InChI=1S/C17H16N4O/c1-13-16(19-18-15-10-6-3-7-11-15)17(22)21(20-13)12-14-8-4-2-5-9-14/h2-11,20H,12H2,1H3. The van der Waals surface area contributed by atoms with E-state index in [1.807, 2.05) is 67.6 Å². The molecule has 0 aliphatic carbocycles. The monoisotopic (exact) mass is 292 g/mol. The Hall–Kier alpha value is -2.95. The predicted octanol–water partition coefficient (Wildman–Crippen LogP) is 3.95. The van der Waals surface area contributed by atoms with E-state index in [1.54, 1.807) is 4.68 Å². The molecule has 0 bridgehead atoms. The van der Waals surface area contributed by atoms with Gasteiger partial charge in [-0.15, -0.1) is 5.11 Å². The van der Waals surface area contributed by atoms with Gasteiger partial charge in [0.15, 0.2) is 5.69 Å². The summed E-state index contributed by atoms with van der Waals surface area (Å²) in [5, 5.41) is 11.3. The van der Waals surface area contributed by atoms with Gasteiger partial charge in [0.05, 0.1) is 17.9 Å². The lowest BCUT2D eigenvalue weighted by atomic mass is 10.2. The molecule has 5 nitrogen and oxygen atoms in total. The number of hydrogen-bond donors (Lipinski definition) is 1. The summed E-state index contributed by atoms with van der Waals surface area (Å²) in [7, 11) is 0. The van der Waals surface area contributed by atoms with E-state index in [1.165, 1.54) is 0 Å². The van der Waals surface area contributed by atoms with Crippen LogP contribution in [0.25, 0.3) is 0 Å². The van der Waals surface area contributed by atoms with Crippen LogP contribution in [0.15, 0.2) is 75.7 Å². The molecule has 0 saturated heterocycles. The molecule has 0 saturated carbocycles. The molecule has 0 atom stereocenters. The van der Waals surface area contributed by atoms with Crippen molar-refractivity contribution in [3.8, 4) is 0 Å². The van der Waals surface area contributed by atoms with Crippen molar-refractivity contribution >= 4 is 11.4 Å². The van der Waals surface area contributed by atoms with Gasteiger partial charge in [-0.2, -0.15) is 5.11 Å². The summed E-state index contributed by atoms with van der Waals surface area (Å²) >= 11 is 0. The minimum absolute atomic E-state index is 0.166. The van der Waals surface area contributed by atoms with E-state index < -0.39 is 0 Å². The van der Waals surface area contributed by atoms with Crippen molar-refractivity contribution in [3.63, 3.8) is 0 Å². The van der Waals surface area contributed by atoms with Crippen LogP contribution in [-0.4, -0.2) is 9.78 Å². The van der Waals surface area contributed by atoms with Gasteiger partial charge in [-0.3, -0.25) is 9.89 Å². The van der Waals surface area contributed by atoms with Crippen molar-refractivity contribution in [3.05, 3.63) is 82.3 Å². The summed E-state index contributed by atoms with van der Waals surface area (Å²) in [5.41, 5.74) is 2.66. The third-order valence-corrected chi connectivity index (χ3v) is 3.31. The first-order valence-electron chi connectivity index (χ1n) is 7.04. The molecule has 0 amide bonds. The molecule has 0 spiro atoms. The average molecular weight is 292 g/mol. The molecule has 0 unspecified atom stereocenters. The smallest absolute Gasteiger partial charge is 0.294 e. The zero-order valence-corrected chi connectivity index (χ0v) is 12.2. The fourth-order valence-electron chi connectivity index (χ4n) is 2.19. The molecule has 0 aliphatic heterocycles. The number of aromatic nitrogens is 2. The molecule has 3 aromatic rings. The molecule has 22 heavy (non-hydrogen) atoms. The summed E-state index contributed by atoms with van der Waals surface area (Å²) in [4.78, 5) is 12.4. The molecule has 0 aliphatic rings. The number of hydrogen-bond acceptors (Lipinski definition) is 3. The predicted molar refractivity (Wildman–Crippen MR) is 86.0 cm³/mol. The molecule has 2 aromatic carbocycles. The van der Waals surface area contributed by atoms with Crippen molar-refractivity contribution in [2.45, 2.75) is 13.5 Å². The number of aryl methyl sites for hydroxylation is 1. The molecule has 1 aromatic heterocycles. The van der Waals surface area contributed by atoms with Gasteiger partial charge in [-0.25, -0.2) is 4.68 Å². The Kier molecular flexibility index (Phi) is 3.96. The topological polar surface area (TPSA) is 62.5 Å². The largest absolute Gasteiger partial charge is 0.297 e. The Labute approximate surface area is 127 Å². The minimum atomic E-state index is -0.166. The third kappa shape index (κ3) is 3.03. The maximum Gasteiger partial charge on any atom is 0.294 e. The highest BCUT2D eigenvalue weighted by molar-refractivity contribution is 5.41. The van der Waals surface area contributed by atoms with Crippen LogP contribution < -0.4 is 5.56 Å². The first kappa shape index (κ1) is 14.0. The van der Waals surface area contributed by atoms with Gasteiger partial charge in [-0.1, -0.05) is 48.5 Å². The molecule has 0 radical (unpaired) electrons. The summed E-state index contributed by atoms with van der Waals surface area (Å²) in [5.74, 6) is 0. The summed E-state index contributed by atoms with van der Waals surface area (Å²) in [6.07, 6.45) is 0. The number of rotatable bonds is 4. The van der Waals surface area contributed by atoms with Crippen LogP contribution in [0.5, 0.6) is 0 Å². The van der Waals surface area contributed by atoms with Crippen LogP contribution in [0.4, 0.5) is 11.4 Å². The van der Waals surface area contributed by atoms with E-state index in [0.29, 0.717) is 17.9 Å². The Morgan fingerprint density at radius 1 is 0.955 bits per heavy atom. The SMILES string of the molecule is Cc1[nH]n(Cc2ccccc2)c(=O)c1N=Nc1ccccc1. The number of nitrogens with zero attached hydrogens (tertiary/aromatic N) is 3. The van der Waals surface area contributed by atoms with E-state index in [0.717, 1.165) is 11.3 Å². The summed E-state index contributed by atoms with van der Waals surface area (Å²) in [6.45, 7) is 2.31. The highest BCUT2D eigenvalue weighted by atomic mass is 16.1. The van der Waals surface area contributed by atoms with Crippen LogP contribution in [0.3, 0.4) is 0 Å². The molecular formula is C17H16N4O. The number of nitrogens with one attached hydrogen (secondary N) is 1. The van der Waals surface area contributed by atoms with Gasteiger partial charge < -0.3 is 0 Å². The minimum Gasteiger partial charge on any atom is -0.297 e. The Bertz CT molecular complexity index is 832. The quantitative estimate of drug-likeness (QED) is 0.727. The van der Waals surface area contributed by atoms with E-state index in [4.69, 9.17) is 0 Å². The van der Waals surface area contributed by atoms with E-state index in [2.05, 4.69) is 15.3 Å². The van der Waals surface area contributed by atoms with Crippen molar-refractivity contribution in [2.24, 2.45) is 10.2 Å². The number of benzene rings is 2. The molecule has 1 heterocycles. The second kappa shape index (κ2) is 6.22. The normalized spacial score (nSPS) is 11.1. The van der Waals surface area contributed by atoms with Crippen molar-refractivity contribution in [1.29, 1.82) is 0 Å². The fourth-order valence-corrected chi connectivity index (χ4v) is 2.19. The highest BCUT2D eigenvalue weighted by Gasteiger charge is 2.10. The Balaban J connectivity index is 1.88. The lowest BCUT2D eigenvalue weighted by Crippen LogP contribution is -2.17. The van der Waals surface area contributed by atoms with Gasteiger partial charge in [0.1, 0.15) is 0 Å². The van der Waals surface area contributed by atoms with E-state index in [9.17, 15) is 4.79 Å². The lowest BCUT2D eigenvalue weighted by Gasteiger charge is -2.00. The average Bonchev–Trinajstić information content (AvgIpc) is 2.81.